The third-order valence-electron chi connectivity index (χ3n) is 4.25. The Morgan fingerprint density at radius 2 is 1.97 bits per heavy atom. The second-order valence-corrected chi connectivity index (χ2v) is 6.92. The number of furan rings is 1. The lowest BCUT2D eigenvalue weighted by atomic mass is 10.1. The number of nitriles is 1. The van der Waals surface area contributed by atoms with Gasteiger partial charge in [0.2, 0.25) is 0 Å². The topological polar surface area (TPSA) is 84.5 Å². The molecule has 1 amide bonds. The second kappa shape index (κ2) is 10.9. The number of rotatable bonds is 9. The lowest BCUT2D eigenvalue weighted by molar-refractivity contribution is -0.117. The average Bonchev–Trinajstić information content (AvgIpc) is 3.30. The summed E-state index contributed by atoms with van der Waals surface area (Å²) in [6.45, 7) is 2.87. The Hall–Kier alpha value is -3.69. The van der Waals surface area contributed by atoms with Crippen molar-refractivity contribution in [2.24, 2.45) is 0 Å². The van der Waals surface area contributed by atoms with Gasteiger partial charge in [-0.1, -0.05) is 29.8 Å². The fourth-order valence-corrected chi connectivity index (χ4v) is 2.86. The summed E-state index contributed by atoms with van der Waals surface area (Å²) < 4.78 is 16.7. The van der Waals surface area contributed by atoms with E-state index in [2.05, 4.69) is 5.32 Å². The molecule has 31 heavy (non-hydrogen) atoms. The minimum Gasteiger partial charge on any atom is -0.490 e. The van der Waals surface area contributed by atoms with Crippen molar-refractivity contribution in [3.05, 3.63) is 88.3 Å². The quantitative estimate of drug-likeness (QED) is 0.371. The molecule has 7 heteroatoms. The largest absolute Gasteiger partial charge is 0.490 e. The predicted molar refractivity (Wildman–Crippen MR) is 118 cm³/mol. The first kappa shape index (κ1) is 22.0. The zero-order valence-corrected chi connectivity index (χ0v) is 17.7. The van der Waals surface area contributed by atoms with Crippen LogP contribution in [-0.2, 0) is 17.9 Å². The van der Waals surface area contributed by atoms with E-state index in [1.54, 1.807) is 42.5 Å². The fourth-order valence-electron chi connectivity index (χ4n) is 2.73. The lowest BCUT2D eigenvalue weighted by Crippen LogP contribution is -2.23. The van der Waals surface area contributed by atoms with Crippen molar-refractivity contribution >= 4 is 23.6 Å². The van der Waals surface area contributed by atoms with Crippen LogP contribution in [0.3, 0.4) is 0 Å². The monoisotopic (exact) mass is 436 g/mol. The van der Waals surface area contributed by atoms with Gasteiger partial charge in [-0.15, -0.1) is 0 Å². The summed E-state index contributed by atoms with van der Waals surface area (Å²) in [5.74, 6) is 1.21. The van der Waals surface area contributed by atoms with Gasteiger partial charge in [-0.3, -0.25) is 4.79 Å². The third kappa shape index (κ3) is 6.39. The molecule has 1 aromatic heterocycles. The molecule has 0 saturated heterocycles. The van der Waals surface area contributed by atoms with Crippen LogP contribution in [0.25, 0.3) is 6.08 Å². The molecule has 0 aliphatic carbocycles. The van der Waals surface area contributed by atoms with E-state index in [9.17, 15) is 10.1 Å². The van der Waals surface area contributed by atoms with Crippen LogP contribution in [0.5, 0.6) is 11.5 Å². The maximum Gasteiger partial charge on any atom is 0.262 e. The van der Waals surface area contributed by atoms with Gasteiger partial charge in [-0.05, 0) is 60.5 Å². The number of hydrogen-bond donors (Lipinski definition) is 1. The smallest absolute Gasteiger partial charge is 0.262 e. The Morgan fingerprint density at radius 3 is 2.65 bits per heavy atom. The van der Waals surface area contributed by atoms with Gasteiger partial charge < -0.3 is 19.2 Å². The number of ether oxygens (including phenoxy) is 2. The van der Waals surface area contributed by atoms with Gasteiger partial charge in [-0.25, -0.2) is 0 Å². The Morgan fingerprint density at radius 1 is 1.16 bits per heavy atom. The SMILES string of the molecule is CCOc1cc(C=C(C#N)C(=O)NCc2ccco2)ccc1OCc1ccc(Cl)cc1. The summed E-state index contributed by atoms with van der Waals surface area (Å²) in [7, 11) is 0. The highest BCUT2D eigenvalue weighted by Crippen LogP contribution is 2.30. The van der Waals surface area contributed by atoms with Crippen LogP contribution in [0, 0.1) is 11.3 Å². The summed E-state index contributed by atoms with van der Waals surface area (Å²) in [5.41, 5.74) is 1.59. The molecule has 0 aliphatic heterocycles. The Kier molecular flexibility index (Phi) is 7.74. The first-order valence-corrected chi connectivity index (χ1v) is 10.0. The van der Waals surface area contributed by atoms with E-state index in [1.165, 1.54) is 12.3 Å². The van der Waals surface area contributed by atoms with Crippen molar-refractivity contribution in [2.75, 3.05) is 6.61 Å². The summed E-state index contributed by atoms with van der Waals surface area (Å²) in [6, 6.07) is 18.0. The third-order valence-corrected chi connectivity index (χ3v) is 4.51. The van der Waals surface area contributed by atoms with Crippen LogP contribution in [0.2, 0.25) is 5.02 Å². The van der Waals surface area contributed by atoms with E-state index in [0.717, 1.165) is 5.56 Å². The number of benzene rings is 2. The van der Waals surface area contributed by atoms with Gasteiger partial charge in [-0.2, -0.15) is 5.26 Å². The maximum absolute atomic E-state index is 12.3. The number of nitrogens with one attached hydrogen (secondary N) is 1. The molecule has 0 aliphatic rings. The normalized spacial score (nSPS) is 10.9. The van der Waals surface area contributed by atoms with Crippen LogP contribution < -0.4 is 14.8 Å². The molecule has 0 saturated carbocycles. The molecule has 3 aromatic rings. The van der Waals surface area contributed by atoms with Gasteiger partial charge in [0.25, 0.3) is 5.91 Å². The van der Waals surface area contributed by atoms with Crippen molar-refractivity contribution in [2.45, 2.75) is 20.1 Å². The minimum absolute atomic E-state index is 0.0242. The summed E-state index contributed by atoms with van der Waals surface area (Å²) in [6.07, 6.45) is 3.03. The minimum atomic E-state index is -0.486. The van der Waals surface area contributed by atoms with Crippen molar-refractivity contribution in [3.63, 3.8) is 0 Å². The summed E-state index contributed by atoms with van der Waals surface area (Å²) >= 11 is 5.91. The van der Waals surface area contributed by atoms with Crippen LogP contribution >= 0.6 is 11.6 Å². The summed E-state index contributed by atoms with van der Waals surface area (Å²) in [5, 5.41) is 12.7. The van der Waals surface area contributed by atoms with Crippen molar-refractivity contribution in [1.82, 2.24) is 5.32 Å². The second-order valence-electron chi connectivity index (χ2n) is 6.49. The van der Waals surface area contributed by atoms with Crippen molar-refractivity contribution in [1.29, 1.82) is 5.26 Å². The predicted octanol–water partition coefficient (Wildman–Crippen LogP) is 5.13. The molecule has 0 fully saturated rings. The number of halogens is 1. The molecule has 0 radical (unpaired) electrons. The molecule has 3 rings (SSSR count). The first-order valence-electron chi connectivity index (χ1n) is 9.65. The van der Waals surface area contributed by atoms with E-state index in [0.29, 0.717) is 41.1 Å². The molecule has 1 N–H and O–H groups in total. The lowest BCUT2D eigenvalue weighted by Gasteiger charge is -2.13. The highest BCUT2D eigenvalue weighted by Gasteiger charge is 2.12. The number of carbonyl (C=O) groups is 1. The average molecular weight is 437 g/mol. The first-order chi connectivity index (χ1) is 15.1. The highest BCUT2D eigenvalue weighted by molar-refractivity contribution is 6.30. The van der Waals surface area contributed by atoms with Crippen LogP contribution in [0.4, 0.5) is 0 Å². The standard InChI is InChI=1S/C24H21ClN2O4/c1-2-29-23-13-18(7-10-22(23)31-16-17-5-8-20(25)9-6-17)12-19(14-26)24(28)27-15-21-4-3-11-30-21/h3-13H,2,15-16H2,1H3,(H,27,28). The van der Waals surface area contributed by atoms with Gasteiger partial charge in [0.15, 0.2) is 11.5 Å². The molecule has 0 unspecified atom stereocenters. The van der Waals surface area contributed by atoms with E-state index >= 15 is 0 Å². The Balaban J connectivity index is 1.72. The summed E-state index contributed by atoms with van der Waals surface area (Å²) in [4.78, 5) is 12.3. The van der Waals surface area contributed by atoms with Gasteiger partial charge in [0, 0.05) is 5.02 Å². The van der Waals surface area contributed by atoms with Gasteiger partial charge in [0.1, 0.15) is 24.0 Å². The molecule has 0 atom stereocenters. The molecule has 0 spiro atoms. The zero-order chi connectivity index (χ0) is 22.1. The molecule has 2 aromatic carbocycles. The maximum atomic E-state index is 12.3. The van der Waals surface area contributed by atoms with E-state index in [4.69, 9.17) is 25.5 Å². The van der Waals surface area contributed by atoms with E-state index in [1.807, 2.05) is 25.1 Å². The van der Waals surface area contributed by atoms with E-state index < -0.39 is 5.91 Å². The van der Waals surface area contributed by atoms with Gasteiger partial charge in [0.05, 0.1) is 19.4 Å². The van der Waals surface area contributed by atoms with Crippen LogP contribution in [0.1, 0.15) is 23.8 Å². The number of nitrogens with zero attached hydrogens (tertiary/aromatic N) is 1. The van der Waals surface area contributed by atoms with Gasteiger partial charge >= 0.3 is 0 Å². The van der Waals surface area contributed by atoms with E-state index in [-0.39, 0.29) is 12.1 Å². The molecule has 158 valence electrons. The number of carbonyl (C=O) groups excluding carboxylic acids is 1. The highest BCUT2D eigenvalue weighted by atomic mass is 35.5. The number of amides is 1. The zero-order valence-electron chi connectivity index (χ0n) is 16.9. The Labute approximate surface area is 185 Å². The molecule has 1 heterocycles. The molecule has 6 nitrogen and oxygen atoms in total. The van der Waals surface area contributed by atoms with Crippen molar-refractivity contribution < 1.29 is 18.7 Å². The van der Waals surface area contributed by atoms with Crippen molar-refractivity contribution in [3.8, 4) is 17.6 Å². The van der Waals surface area contributed by atoms with Crippen LogP contribution in [-0.4, -0.2) is 12.5 Å². The molecular weight excluding hydrogens is 416 g/mol. The Bertz CT molecular complexity index is 1080. The molecular formula is C24H21ClN2O4. The fraction of sp³-hybridized carbons (Fsp3) is 0.167. The molecule has 0 bridgehead atoms. The number of hydrogen-bond acceptors (Lipinski definition) is 5. The van der Waals surface area contributed by atoms with Crippen LogP contribution in [0.15, 0.2) is 70.9 Å².